The van der Waals surface area contributed by atoms with Crippen LogP contribution in [0.15, 0.2) is 65.5 Å². The third kappa shape index (κ3) is 4.41. The van der Waals surface area contributed by atoms with E-state index in [0.29, 0.717) is 18.2 Å². The average molecular weight is 403 g/mol. The second kappa shape index (κ2) is 8.65. The van der Waals surface area contributed by atoms with E-state index in [4.69, 9.17) is 13.9 Å². The van der Waals surface area contributed by atoms with Crippen molar-refractivity contribution in [3.63, 3.8) is 0 Å². The van der Waals surface area contributed by atoms with Gasteiger partial charge in [-0.1, -0.05) is 12.1 Å². The zero-order valence-electron chi connectivity index (χ0n) is 16.7. The number of methoxy groups -OCH3 is 1. The lowest BCUT2D eigenvalue weighted by atomic mass is 10.1. The molecule has 4 aromatic rings. The lowest BCUT2D eigenvalue weighted by Gasteiger charge is -2.07. The molecule has 0 radical (unpaired) electrons. The molecule has 2 aromatic heterocycles. The first-order valence-corrected chi connectivity index (χ1v) is 9.45. The van der Waals surface area contributed by atoms with Crippen molar-refractivity contribution in [3.05, 3.63) is 83.8 Å². The lowest BCUT2D eigenvalue weighted by Crippen LogP contribution is -2.23. The fraction of sp³-hybridized carbons (Fsp3) is 0.174. The van der Waals surface area contributed by atoms with Gasteiger partial charge in [0.1, 0.15) is 17.8 Å². The summed E-state index contributed by atoms with van der Waals surface area (Å²) in [5, 5.41) is 4.92. The van der Waals surface area contributed by atoms with Crippen molar-refractivity contribution in [2.45, 2.75) is 20.1 Å². The van der Waals surface area contributed by atoms with Crippen molar-refractivity contribution < 1.29 is 18.7 Å². The van der Waals surface area contributed by atoms with E-state index in [1.165, 1.54) is 6.26 Å². The standard InChI is InChI=1S/C23H21N3O4/c1-15-11-24-8-7-17(15)12-25-23(27)21-13-30-22(26-21)14-29-20-6-4-16-3-5-19(28-2)9-18(16)10-20/h3-11,13H,12,14H2,1-2H3,(H,25,27). The highest BCUT2D eigenvalue weighted by molar-refractivity contribution is 5.91. The molecule has 1 amide bonds. The Labute approximate surface area is 173 Å². The molecule has 0 aliphatic carbocycles. The van der Waals surface area contributed by atoms with E-state index in [-0.39, 0.29) is 18.2 Å². The second-order valence-electron chi connectivity index (χ2n) is 6.77. The molecule has 0 spiro atoms. The molecule has 7 heteroatoms. The van der Waals surface area contributed by atoms with Crippen LogP contribution in [-0.4, -0.2) is 23.0 Å². The van der Waals surface area contributed by atoms with Crippen LogP contribution in [0.2, 0.25) is 0 Å². The van der Waals surface area contributed by atoms with Gasteiger partial charge in [0.25, 0.3) is 5.91 Å². The Morgan fingerprint density at radius 3 is 2.70 bits per heavy atom. The number of hydrogen-bond acceptors (Lipinski definition) is 6. The van der Waals surface area contributed by atoms with E-state index >= 15 is 0 Å². The molecule has 0 fully saturated rings. The number of hydrogen-bond donors (Lipinski definition) is 1. The van der Waals surface area contributed by atoms with Gasteiger partial charge >= 0.3 is 0 Å². The number of ether oxygens (including phenoxy) is 2. The van der Waals surface area contributed by atoms with Gasteiger partial charge in [-0.2, -0.15) is 0 Å². The van der Waals surface area contributed by atoms with Gasteiger partial charge in [-0.05, 0) is 59.2 Å². The lowest BCUT2D eigenvalue weighted by molar-refractivity contribution is 0.0945. The molecule has 0 saturated carbocycles. The Bertz CT molecular complexity index is 1190. The third-order valence-corrected chi connectivity index (χ3v) is 4.74. The van der Waals surface area contributed by atoms with Crippen LogP contribution in [0.4, 0.5) is 0 Å². The normalized spacial score (nSPS) is 10.7. The fourth-order valence-electron chi connectivity index (χ4n) is 3.01. The summed E-state index contributed by atoms with van der Waals surface area (Å²) in [4.78, 5) is 20.6. The number of rotatable bonds is 7. The van der Waals surface area contributed by atoms with Gasteiger partial charge in [0.15, 0.2) is 12.3 Å². The SMILES string of the molecule is COc1ccc2ccc(OCc3nc(C(=O)NCc4ccncc4C)co3)cc2c1. The van der Waals surface area contributed by atoms with E-state index in [1.807, 2.05) is 49.4 Å². The molecule has 0 atom stereocenters. The van der Waals surface area contributed by atoms with Crippen LogP contribution in [0, 0.1) is 6.92 Å². The van der Waals surface area contributed by atoms with Gasteiger partial charge in [0.2, 0.25) is 5.89 Å². The second-order valence-corrected chi connectivity index (χ2v) is 6.77. The number of nitrogens with one attached hydrogen (secondary N) is 1. The molecule has 0 bridgehead atoms. The molecule has 1 N–H and O–H groups in total. The number of pyridine rings is 1. The maximum atomic E-state index is 12.3. The number of aromatic nitrogens is 2. The van der Waals surface area contributed by atoms with Crippen molar-refractivity contribution in [3.8, 4) is 11.5 Å². The van der Waals surface area contributed by atoms with Crippen LogP contribution in [-0.2, 0) is 13.2 Å². The van der Waals surface area contributed by atoms with Gasteiger partial charge < -0.3 is 19.2 Å². The molecular weight excluding hydrogens is 382 g/mol. The number of benzene rings is 2. The predicted molar refractivity (Wildman–Crippen MR) is 111 cm³/mol. The first kappa shape index (κ1) is 19.4. The van der Waals surface area contributed by atoms with Gasteiger partial charge in [0.05, 0.1) is 7.11 Å². The summed E-state index contributed by atoms with van der Waals surface area (Å²) in [7, 11) is 1.63. The largest absolute Gasteiger partial charge is 0.497 e. The van der Waals surface area contributed by atoms with Crippen LogP contribution in [0.3, 0.4) is 0 Å². The number of nitrogens with zero attached hydrogens (tertiary/aromatic N) is 2. The molecule has 7 nitrogen and oxygen atoms in total. The minimum atomic E-state index is -0.306. The summed E-state index contributed by atoms with van der Waals surface area (Å²) < 4.78 is 16.4. The highest BCUT2D eigenvalue weighted by Crippen LogP contribution is 2.25. The third-order valence-electron chi connectivity index (χ3n) is 4.74. The van der Waals surface area contributed by atoms with Crippen LogP contribution in [0.1, 0.15) is 27.5 Å². The predicted octanol–water partition coefficient (Wildman–Crippen LogP) is 4.05. The highest BCUT2D eigenvalue weighted by Gasteiger charge is 2.13. The van der Waals surface area contributed by atoms with Crippen molar-refractivity contribution in [2.24, 2.45) is 0 Å². The molecule has 4 rings (SSSR count). The average Bonchev–Trinajstić information content (AvgIpc) is 3.25. The Morgan fingerprint density at radius 1 is 1.10 bits per heavy atom. The van der Waals surface area contributed by atoms with Gasteiger partial charge in [-0.25, -0.2) is 4.98 Å². The van der Waals surface area contributed by atoms with E-state index in [1.54, 1.807) is 19.5 Å². The number of carbonyl (C=O) groups excluding carboxylic acids is 1. The summed E-state index contributed by atoms with van der Waals surface area (Å²) in [5.74, 6) is 1.48. The molecule has 152 valence electrons. The monoisotopic (exact) mass is 403 g/mol. The van der Waals surface area contributed by atoms with Gasteiger partial charge in [0, 0.05) is 18.9 Å². The molecule has 0 saturated heterocycles. The number of aryl methyl sites for hydroxylation is 1. The maximum Gasteiger partial charge on any atom is 0.273 e. The molecule has 0 aliphatic heterocycles. The van der Waals surface area contributed by atoms with Crippen molar-refractivity contribution in [1.82, 2.24) is 15.3 Å². The van der Waals surface area contributed by atoms with Crippen molar-refractivity contribution in [1.29, 1.82) is 0 Å². The number of fused-ring (bicyclic) bond motifs is 1. The van der Waals surface area contributed by atoms with Gasteiger partial charge in [-0.3, -0.25) is 9.78 Å². The summed E-state index contributed by atoms with van der Waals surface area (Å²) in [5.41, 5.74) is 2.22. The molecule has 2 aromatic carbocycles. The quantitative estimate of drug-likeness (QED) is 0.501. The van der Waals surface area contributed by atoms with E-state index in [2.05, 4.69) is 15.3 Å². The maximum absolute atomic E-state index is 12.3. The Morgan fingerprint density at radius 2 is 1.90 bits per heavy atom. The Hall–Kier alpha value is -3.87. The van der Waals surface area contributed by atoms with Crippen LogP contribution in [0.25, 0.3) is 10.8 Å². The summed E-state index contributed by atoms with van der Waals surface area (Å²) in [6, 6.07) is 13.5. The fourth-order valence-corrected chi connectivity index (χ4v) is 3.01. The Kier molecular flexibility index (Phi) is 5.61. The van der Waals surface area contributed by atoms with Crippen molar-refractivity contribution >= 4 is 16.7 Å². The molecule has 0 unspecified atom stereocenters. The molecular formula is C23H21N3O4. The molecule has 2 heterocycles. The first-order valence-electron chi connectivity index (χ1n) is 9.45. The summed E-state index contributed by atoms with van der Waals surface area (Å²) >= 11 is 0. The molecule has 0 aliphatic rings. The topological polar surface area (TPSA) is 86.5 Å². The molecule has 30 heavy (non-hydrogen) atoms. The number of oxazole rings is 1. The highest BCUT2D eigenvalue weighted by atomic mass is 16.5. The summed E-state index contributed by atoms with van der Waals surface area (Å²) in [6.45, 7) is 2.46. The zero-order valence-corrected chi connectivity index (χ0v) is 16.7. The minimum absolute atomic E-state index is 0.117. The van der Waals surface area contributed by atoms with Crippen LogP contribution < -0.4 is 14.8 Å². The van der Waals surface area contributed by atoms with E-state index < -0.39 is 0 Å². The van der Waals surface area contributed by atoms with Crippen molar-refractivity contribution in [2.75, 3.05) is 7.11 Å². The number of carbonyl (C=O) groups is 1. The summed E-state index contributed by atoms with van der Waals surface area (Å²) in [6.07, 6.45) is 4.79. The van der Waals surface area contributed by atoms with Crippen LogP contribution in [0.5, 0.6) is 11.5 Å². The van der Waals surface area contributed by atoms with E-state index in [9.17, 15) is 4.79 Å². The number of amides is 1. The van der Waals surface area contributed by atoms with Gasteiger partial charge in [-0.15, -0.1) is 0 Å². The smallest absolute Gasteiger partial charge is 0.273 e. The minimum Gasteiger partial charge on any atom is -0.497 e. The zero-order chi connectivity index (χ0) is 20.9. The van der Waals surface area contributed by atoms with Crippen LogP contribution >= 0.6 is 0 Å². The van der Waals surface area contributed by atoms with E-state index in [0.717, 1.165) is 27.6 Å². The first-order chi connectivity index (χ1) is 14.6. The Balaban J connectivity index is 1.37.